The van der Waals surface area contributed by atoms with Crippen LogP contribution in [0.1, 0.15) is 41.4 Å². The second-order valence-electron chi connectivity index (χ2n) is 7.67. The Bertz CT molecular complexity index is 1010. The first-order valence-electron chi connectivity index (χ1n) is 9.46. The zero-order valence-electron chi connectivity index (χ0n) is 16.4. The fourth-order valence-electron chi connectivity index (χ4n) is 4.04. The van der Waals surface area contributed by atoms with Crippen LogP contribution in [0.15, 0.2) is 41.0 Å². The Morgan fingerprint density at radius 2 is 1.94 bits per heavy atom. The zero-order valence-corrected chi connectivity index (χ0v) is 18.0. The summed E-state index contributed by atoms with van der Waals surface area (Å²) in [6, 6.07) is 6.40. The van der Waals surface area contributed by atoms with E-state index in [1.165, 1.54) is 29.2 Å². The summed E-state index contributed by atoms with van der Waals surface area (Å²) in [4.78, 5) is 30.3. The van der Waals surface area contributed by atoms with Crippen molar-refractivity contribution in [2.24, 2.45) is 5.41 Å². The van der Waals surface area contributed by atoms with Crippen LogP contribution in [0.4, 0.5) is 17.6 Å². The van der Waals surface area contributed by atoms with E-state index in [0.29, 0.717) is 4.60 Å². The van der Waals surface area contributed by atoms with Crippen molar-refractivity contribution in [3.05, 3.63) is 63.6 Å². The van der Waals surface area contributed by atoms with Crippen LogP contribution in [0.5, 0.6) is 0 Å². The minimum atomic E-state index is -4.69. The van der Waals surface area contributed by atoms with E-state index in [0.717, 1.165) is 12.1 Å². The monoisotopic (exact) mass is 502 g/mol. The molecule has 2 atom stereocenters. The maximum absolute atomic E-state index is 14.2. The van der Waals surface area contributed by atoms with Crippen molar-refractivity contribution in [1.82, 2.24) is 9.88 Å². The highest BCUT2D eigenvalue weighted by Crippen LogP contribution is 2.40. The average Bonchev–Trinajstić information content (AvgIpc) is 2.69. The van der Waals surface area contributed by atoms with E-state index in [2.05, 4.69) is 20.9 Å². The van der Waals surface area contributed by atoms with Gasteiger partial charge in [0.05, 0.1) is 22.2 Å². The van der Waals surface area contributed by atoms with Gasteiger partial charge in [0.25, 0.3) is 5.91 Å². The van der Waals surface area contributed by atoms with Gasteiger partial charge in [0.2, 0.25) is 0 Å². The highest BCUT2D eigenvalue weighted by atomic mass is 79.9. The molecule has 1 N–H and O–H groups in total. The normalized spacial score (nSPS) is 21.7. The zero-order chi connectivity index (χ0) is 23.0. The number of aromatic nitrogens is 1. The van der Waals surface area contributed by atoms with Crippen molar-refractivity contribution in [3.8, 4) is 0 Å². The smallest absolute Gasteiger partial charge is 0.417 e. The number of carbonyl (C=O) groups excluding carboxylic acids is 1. The van der Waals surface area contributed by atoms with Crippen LogP contribution in [0.2, 0.25) is 0 Å². The predicted molar refractivity (Wildman–Crippen MR) is 107 cm³/mol. The number of hydrogen-bond acceptors (Lipinski definition) is 3. The number of amides is 1. The number of hydrogen-bond donors (Lipinski definition) is 1. The number of pyridine rings is 1. The van der Waals surface area contributed by atoms with Crippen molar-refractivity contribution in [3.63, 3.8) is 0 Å². The van der Waals surface area contributed by atoms with Crippen molar-refractivity contribution in [2.75, 3.05) is 6.54 Å². The molecule has 5 nitrogen and oxygen atoms in total. The molecule has 1 aromatic carbocycles. The number of likely N-dealkylation sites (tertiary alicyclic amines) is 1. The van der Waals surface area contributed by atoms with Gasteiger partial charge in [-0.25, -0.2) is 9.37 Å². The standard InChI is InChI=1S/C21H19BrF4N2O3/c1-12-10-20(19(30)31,11-16-15(23)6-7-17(22)27-16)8-9-28(12)18(29)13-4-2-3-5-14(13)21(24,25)26/h2-7,12H,8-11H2,1H3,(H,30,31). The molecular weight excluding hydrogens is 484 g/mol. The highest BCUT2D eigenvalue weighted by Gasteiger charge is 2.47. The summed E-state index contributed by atoms with van der Waals surface area (Å²) >= 11 is 3.13. The lowest BCUT2D eigenvalue weighted by atomic mass is 9.72. The minimum Gasteiger partial charge on any atom is -0.481 e. The van der Waals surface area contributed by atoms with Gasteiger partial charge in [0, 0.05) is 19.0 Å². The van der Waals surface area contributed by atoms with Gasteiger partial charge in [-0.15, -0.1) is 0 Å². The molecule has 2 unspecified atom stereocenters. The summed E-state index contributed by atoms with van der Waals surface area (Å²) in [5, 5.41) is 9.91. The van der Waals surface area contributed by atoms with Gasteiger partial charge in [0.15, 0.2) is 0 Å². The molecule has 1 amide bonds. The molecule has 1 fully saturated rings. The molecular formula is C21H19BrF4N2O3. The average molecular weight is 503 g/mol. The topological polar surface area (TPSA) is 70.5 Å². The van der Waals surface area contributed by atoms with Crippen LogP contribution in [-0.2, 0) is 17.4 Å². The van der Waals surface area contributed by atoms with E-state index in [9.17, 15) is 32.3 Å². The Morgan fingerprint density at radius 3 is 2.55 bits per heavy atom. The van der Waals surface area contributed by atoms with Crippen LogP contribution in [0, 0.1) is 11.2 Å². The van der Waals surface area contributed by atoms with Crippen molar-refractivity contribution < 1.29 is 32.3 Å². The molecule has 0 saturated carbocycles. The number of rotatable bonds is 4. The second kappa shape index (κ2) is 8.57. The Balaban J connectivity index is 1.87. The maximum Gasteiger partial charge on any atom is 0.417 e. The molecule has 0 spiro atoms. The van der Waals surface area contributed by atoms with Gasteiger partial charge in [-0.2, -0.15) is 13.2 Å². The van der Waals surface area contributed by atoms with Gasteiger partial charge in [-0.05, 0) is 60.0 Å². The number of nitrogens with zero attached hydrogens (tertiary/aromatic N) is 2. The van der Waals surface area contributed by atoms with Gasteiger partial charge < -0.3 is 10.0 Å². The molecule has 166 valence electrons. The van der Waals surface area contributed by atoms with Crippen molar-refractivity contribution in [2.45, 2.75) is 38.4 Å². The third kappa shape index (κ3) is 4.73. The second-order valence-corrected chi connectivity index (χ2v) is 8.48. The van der Waals surface area contributed by atoms with Gasteiger partial charge in [-0.3, -0.25) is 9.59 Å². The largest absolute Gasteiger partial charge is 0.481 e. The van der Waals surface area contributed by atoms with E-state index in [1.807, 2.05) is 0 Å². The summed E-state index contributed by atoms with van der Waals surface area (Å²) in [5.41, 5.74) is -2.94. The molecule has 31 heavy (non-hydrogen) atoms. The summed E-state index contributed by atoms with van der Waals surface area (Å²) in [6.07, 6.45) is -4.98. The summed E-state index contributed by atoms with van der Waals surface area (Å²) in [7, 11) is 0. The Labute approximate surface area is 184 Å². The maximum atomic E-state index is 14.2. The van der Waals surface area contributed by atoms with Crippen LogP contribution < -0.4 is 0 Å². The highest BCUT2D eigenvalue weighted by molar-refractivity contribution is 9.10. The number of piperidine rings is 1. The number of carbonyl (C=O) groups is 2. The van der Waals surface area contributed by atoms with E-state index >= 15 is 0 Å². The first-order valence-corrected chi connectivity index (χ1v) is 10.3. The summed E-state index contributed by atoms with van der Waals surface area (Å²) in [5.74, 6) is -2.62. The number of carboxylic acid groups (broad SMARTS) is 1. The van der Waals surface area contributed by atoms with Gasteiger partial charge in [-0.1, -0.05) is 12.1 Å². The minimum absolute atomic E-state index is 0.0221. The SMILES string of the molecule is CC1CC(Cc2nc(Br)ccc2F)(C(=O)O)CCN1C(=O)c1ccccc1C(F)(F)F. The third-order valence-electron chi connectivity index (χ3n) is 5.62. The molecule has 0 radical (unpaired) electrons. The van der Waals surface area contributed by atoms with Gasteiger partial charge in [0.1, 0.15) is 10.4 Å². The molecule has 0 aliphatic carbocycles. The van der Waals surface area contributed by atoms with E-state index in [-0.39, 0.29) is 31.5 Å². The van der Waals surface area contributed by atoms with Crippen molar-refractivity contribution >= 4 is 27.8 Å². The summed E-state index contributed by atoms with van der Waals surface area (Å²) in [6.45, 7) is 1.50. The van der Waals surface area contributed by atoms with Crippen LogP contribution in [0.3, 0.4) is 0 Å². The lowest BCUT2D eigenvalue weighted by Gasteiger charge is -2.43. The number of alkyl halides is 3. The van der Waals surface area contributed by atoms with Crippen molar-refractivity contribution in [1.29, 1.82) is 0 Å². The number of carboxylic acids is 1. The Hall–Kier alpha value is -2.49. The fraction of sp³-hybridized carbons (Fsp3) is 0.381. The quantitative estimate of drug-likeness (QED) is 0.474. The van der Waals surface area contributed by atoms with Crippen LogP contribution in [-0.4, -0.2) is 39.5 Å². The predicted octanol–water partition coefficient (Wildman–Crippen LogP) is 4.94. The first kappa shape index (κ1) is 23.2. The van der Waals surface area contributed by atoms with Crippen LogP contribution in [0.25, 0.3) is 0 Å². The first-order chi connectivity index (χ1) is 14.4. The molecule has 10 heteroatoms. The molecule has 0 bridgehead atoms. The molecule has 3 rings (SSSR count). The number of halogens is 5. The van der Waals surface area contributed by atoms with E-state index < -0.39 is 46.5 Å². The fourth-order valence-corrected chi connectivity index (χ4v) is 4.38. The lowest BCUT2D eigenvalue weighted by Crippen LogP contribution is -2.52. The molecule has 1 aromatic heterocycles. The number of aliphatic carboxylic acids is 1. The lowest BCUT2D eigenvalue weighted by molar-refractivity contribution is -0.153. The molecule has 1 aliphatic heterocycles. The Morgan fingerprint density at radius 1 is 1.26 bits per heavy atom. The van der Waals surface area contributed by atoms with E-state index in [4.69, 9.17) is 0 Å². The molecule has 1 saturated heterocycles. The molecule has 2 heterocycles. The summed E-state index contributed by atoms with van der Waals surface area (Å²) < 4.78 is 54.5. The van der Waals surface area contributed by atoms with Gasteiger partial charge >= 0.3 is 12.1 Å². The number of benzene rings is 1. The van der Waals surface area contributed by atoms with Crippen LogP contribution >= 0.6 is 15.9 Å². The Kier molecular flexibility index (Phi) is 6.40. The van der Waals surface area contributed by atoms with E-state index in [1.54, 1.807) is 6.92 Å². The molecule has 2 aromatic rings. The molecule has 1 aliphatic rings. The third-order valence-corrected chi connectivity index (χ3v) is 6.06.